The van der Waals surface area contributed by atoms with Gasteiger partial charge in [-0.15, -0.1) is 0 Å². The zero-order chi connectivity index (χ0) is 13.8. The molecule has 0 spiro atoms. The third-order valence-corrected chi connectivity index (χ3v) is 4.09. The van der Waals surface area contributed by atoms with Crippen LogP contribution in [0, 0.1) is 12.8 Å². The van der Waals surface area contributed by atoms with Crippen molar-refractivity contribution in [2.24, 2.45) is 5.92 Å². The molecular weight excluding hydrogens is 238 g/mol. The molecule has 0 aliphatic heterocycles. The van der Waals surface area contributed by atoms with Crippen molar-refractivity contribution < 1.29 is 10.2 Å². The van der Waals surface area contributed by atoms with E-state index in [0.717, 1.165) is 37.9 Å². The van der Waals surface area contributed by atoms with Gasteiger partial charge in [-0.2, -0.15) is 0 Å². The molecule has 2 rings (SSSR count). The van der Waals surface area contributed by atoms with E-state index in [-0.39, 0.29) is 6.10 Å². The number of aliphatic hydroxyl groups is 1. The minimum absolute atomic E-state index is 0.151. The van der Waals surface area contributed by atoms with Crippen molar-refractivity contribution in [3.05, 3.63) is 29.3 Å². The molecule has 1 aliphatic carbocycles. The smallest absolute Gasteiger partial charge is 0.120 e. The molecule has 0 saturated heterocycles. The summed E-state index contributed by atoms with van der Waals surface area (Å²) in [5, 5.41) is 19.9. The number of rotatable bonds is 4. The molecule has 1 aliphatic rings. The van der Waals surface area contributed by atoms with Gasteiger partial charge >= 0.3 is 0 Å². The van der Waals surface area contributed by atoms with Gasteiger partial charge in [0.2, 0.25) is 0 Å². The van der Waals surface area contributed by atoms with Gasteiger partial charge in [0.05, 0.1) is 6.10 Å². The fourth-order valence-electron chi connectivity index (χ4n) is 3.00. The second-order valence-electron chi connectivity index (χ2n) is 5.94. The summed E-state index contributed by atoms with van der Waals surface area (Å²) in [6.45, 7) is 3.67. The number of nitrogens with zero attached hydrogens (tertiary/aromatic N) is 1. The number of aryl methyl sites for hydroxylation is 1. The molecule has 1 aromatic rings. The zero-order valence-corrected chi connectivity index (χ0v) is 12.0. The number of benzene rings is 1. The van der Waals surface area contributed by atoms with Crippen molar-refractivity contribution in [2.75, 3.05) is 13.6 Å². The second kappa shape index (κ2) is 6.40. The largest absolute Gasteiger partial charge is 0.508 e. The van der Waals surface area contributed by atoms with Crippen LogP contribution in [0.5, 0.6) is 5.75 Å². The number of phenols is 1. The fraction of sp³-hybridized carbons (Fsp3) is 0.625. The van der Waals surface area contributed by atoms with Crippen LogP contribution in [0.2, 0.25) is 0 Å². The summed E-state index contributed by atoms with van der Waals surface area (Å²) in [7, 11) is 2.06. The Morgan fingerprint density at radius 2 is 2.00 bits per heavy atom. The highest BCUT2D eigenvalue weighted by Crippen LogP contribution is 2.26. The molecule has 3 nitrogen and oxygen atoms in total. The molecule has 1 fully saturated rings. The van der Waals surface area contributed by atoms with Gasteiger partial charge in [-0.25, -0.2) is 0 Å². The molecule has 2 N–H and O–H groups in total. The lowest BCUT2D eigenvalue weighted by molar-refractivity contribution is 0.0500. The summed E-state index contributed by atoms with van der Waals surface area (Å²) in [5.74, 6) is 0.743. The van der Waals surface area contributed by atoms with Crippen LogP contribution in [0.25, 0.3) is 0 Å². The Labute approximate surface area is 115 Å². The van der Waals surface area contributed by atoms with E-state index in [1.165, 1.54) is 12.0 Å². The number of aromatic hydroxyl groups is 1. The summed E-state index contributed by atoms with van der Waals surface area (Å²) >= 11 is 0. The van der Waals surface area contributed by atoms with E-state index in [1.807, 2.05) is 19.1 Å². The van der Waals surface area contributed by atoms with Gasteiger partial charge in [-0.3, -0.25) is 0 Å². The summed E-state index contributed by atoms with van der Waals surface area (Å²) in [4.78, 5) is 2.20. The van der Waals surface area contributed by atoms with E-state index in [1.54, 1.807) is 6.07 Å². The summed E-state index contributed by atoms with van der Waals surface area (Å²) in [6.07, 6.45) is 4.28. The molecule has 19 heavy (non-hydrogen) atoms. The third kappa shape index (κ3) is 3.95. The molecule has 1 saturated carbocycles. The normalized spacial score (nSPS) is 23.8. The molecule has 0 heterocycles. The van der Waals surface area contributed by atoms with E-state index in [9.17, 15) is 10.2 Å². The Kier molecular flexibility index (Phi) is 4.83. The van der Waals surface area contributed by atoms with E-state index < -0.39 is 0 Å². The van der Waals surface area contributed by atoms with Gasteiger partial charge in [0.25, 0.3) is 0 Å². The second-order valence-corrected chi connectivity index (χ2v) is 5.94. The Hall–Kier alpha value is -1.06. The monoisotopic (exact) mass is 263 g/mol. The summed E-state index contributed by atoms with van der Waals surface area (Å²) in [6, 6.07) is 5.71. The Morgan fingerprint density at radius 1 is 1.26 bits per heavy atom. The van der Waals surface area contributed by atoms with Crippen molar-refractivity contribution in [1.29, 1.82) is 0 Å². The first-order valence-electron chi connectivity index (χ1n) is 7.21. The lowest BCUT2D eigenvalue weighted by Crippen LogP contribution is -2.34. The van der Waals surface area contributed by atoms with Crippen LogP contribution in [0.1, 0.15) is 36.8 Å². The van der Waals surface area contributed by atoms with Crippen molar-refractivity contribution in [3.8, 4) is 5.75 Å². The van der Waals surface area contributed by atoms with E-state index in [0.29, 0.717) is 11.7 Å². The highest BCUT2D eigenvalue weighted by molar-refractivity contribution is 5.35. The first-order valence-corrected chi connectivity index (χ1v) is 7.21. The maximum absolute atomic E-state index is 10.0. The number of aliphatic hydroxyl groups excluding tert-OH is 1. The van der Waals surface area contributed by atoms with Gasteiger partial charge in [0, 0.05) is 18.7 Å². The first kappa shape index (κ1) is 14.4. The van der Waals surface area contributed by atoms with Gasteiger partial charge in [-0.1, -0.05) is 30.5 Å². The fourth-order valence-corrected chi connectivity index (χ4v) is 3.00. The Bertz CT molecular complexity index is 419. The zero-order valence-electron chi connectivity index (χ0n) is 12.0. The van der Waals surface area contributed by atoms with E-state index in [4.69, 9.17) is 0 Å². The van der Waals surface area contributed by atoms with E-state index >= 15 is 0 Å². The molecule has 2 atom stereocenters. The predicted octanol–water partition coefficient (Wildman–Crippen LogP) is 2.68. The quantitative estimate of drug-likeness (QED) is 0.878. The van der Waals surface area contributed by atoms with Crippen LogP contribution in [-0.4, -0.2) is 34.8 Å². The third-order valence-electron chi connectivity index (χ3n) is 4.09. The van der Waals surface area contributed by atoms with Crippen LogP contribution in [0.15, 0.2) is 18.2 Å². The molecule has 1 aromatic carbocycles. The number of hydrogen-bond acceptors (Lipinski definition) is 3. The van der Waals surface area contributed by atoms with Crippen LogP contribution < -0.4 is 0 Å². The van der Waals surface area contributed by atoms with Crippen molar-refractivity contribution in [2.45, 2.75) is 45.3 Å². The lowest BCUT2D eigenvalue weighted by atomic mass is 9.86. The first-order chi connectivity index (χ1) is 9.06. The summed E-state index contributed by atoms with van der Waals surface area (Å²) in [5.41, 5.74) is 2.13. The standard InChI is InChI=1S/C16H25NO2/c1-12-7-8-16(19)14(9-12)11-17(2)10-13-5-3-4-6-15(13)18/h7-9,13,15,18-19H,3-6,10-11H2,1-2H3. The molecule has 3 heteroatoms. The SMILES string of the molecule is Cc1ccc(O)c(CN(C)CC2CCCCC2O)c1. The van der Waals surface area contributed by atoms with Gasteiger partial charge in [-0.05, 0) is 38.8 Å². The topological polar surface area (TPSA) is 43.7 Å². The average Bonchev–Trinajstić information content (AvgIpc) is 2.37. The molecular formula is C16H25NO2. The molecule has 0 amide bonds. The minimum atomic E-state index is -0.151. The molecule has 106 valence electrons. The maximum Gasteiger partial charge on any atom is 0.120 e. The van der Waals surface area contributed by atoms with Crippen molar-refractivity contribution in [3.63, 3.8) is 0 Å². The average molecular weight is 263 g/mol. The van der Waals surface area contributed by atoms with E-state index in [2.05, 4.69) is 11.9 Å². The molecule has 0 aromatic heterocycles. The highest BCUT2D eigenvalue weighted by atomic mass is 16.3. The van der Waals surface area contributed by atoms with Crippen LogP contribution in [0.4, 0.5) is 0 Å². The summed E-state index contributed by atoms with van der Waals surface area (Å²) < 4.78 is 0. The maximum atomic E-state index is 10.0. The van der Waals surface area contributed by atoms with Crippen LogP contribution in [-0.2, 0) is 6.54 Å². The van der Waals surface area contributed by atoms with Crippen molar-refractivity contribution >= 4 is 0 Å². The van der Waals surface area contributed by atoms with Gasteiger partial charge < -0.3 is 15.1 Å². The predicted molar refractivity (Wildman–Crippen MR) is 77.1 cm³/mol. The molecule has 0 radical (unpaired) electrons. The molecule has 2 unspecified atom stereocenters. The van der Waals surface area contributed by atoms with Crippen molar-refractivity contribution in [1.82, 2.24) is 4.90 Å². The Balaban J connectivity index is 1.93. The number of hydrogen-bond donors (Lipinski definition) is 2. The van der Waals surface area contributed by atoms with Gasteiger partial charge in [0.15, 0.2) is 0 Å². The highest BCUT2D eigenvalue weighted by Gasteiger charge is 2.24. The number of phenolic OH excluding ortho intramolecular Hbond substituents is 1. The van der Waals surface area contributed by atoms with Crippen LogP contribution in [0.3, 0.4) is 0 Å². The Morgan fingerprint density at radius 3 is 2.74 bits per heavy atom. The molecule has 0 bridgehead atoms. The van der Waals surface area contributed by atoms with Crippen LogP contribution >= 0.6 is 0 Å². The minimum Gasteiger partial charge on any atom is -0.508 e. The van der Waals surface area contributed by atoms with Gasteiger partial charge in [0.1, 0.15) is 5.75 Å². The lowest BCUT2D eigenvalue weighted by Gasteiger charge is -2.31.